The molecule has 0 aliphatic rings. The maximum atomic E-state index is 12.2. The minimum atomic E-state index is -0.441. The number of carbonyl (C=O) groups excluding carboxylic acids is 2. The SMILES string of the molecule is Cc1ccc(NC(=O)COC(=O)Cc2c(C)nn(CC(C)C)c2C)c(Br)c1. The van der Waals surface area contributed by atoms with Crippen LogP contribution in [0.1, 0.15) is 36.4 Å². The van der Waals surface area contributed by atoms with E-state index in [4.69, 9.17) is 4.74 Å². The van der Waals surface area contributed by atoms with Gasteiger partial charge in [-0.2, -0.15) is 5.10 Å². The predicted octanol–water partition coefficient (Wildman–Crippen LogP) is 3.95. The average Bonchev–Trinajstić information content (AvgIpc) is 2.82. The van der Waals surface area contributed by atoms with Crippen molar-refractivity contribution in [1.29, 1.82) is 0 Å². The Labute approximate surface area is 168 Å². The highest BCUT2D eigenvalue weighted by molar-refractivity contribution is 9.10. The fourth-order valence-corrected chi connectivity index (χ4v) is 3.36. The number of nitrogens with zero attached hydrogens (tertiary/aromatic N) is 2. The summed E-state index contributed by atoms with van der Waals surface area (Å²) >= 11 is 3.40. The lowest BCUT2D eigenvalue weighted by atomic mass is 10.1. The highest BCUT2D eigenvalue weighted by Crippen LogP contribution is 2.23. The van der Waals surface area contributed by atoms with E-state index in [9.17, 15) is 9.59 Å². The Balaban J connectivity index is 1.91. The number of hydrogen-bond acceptors (Lipinski definition) is 4. The van der Waals surface area contributed by atoms with Crippen LogP contribution in [0.3, 0.4) is 0 Å². The lowest BCUT2D eigenvalue weighted by Crippen LogP contribution is -2.22. The van der Waals surface area contributed by atoms with Crippen LogP contribution in [0.15, 0.2) is 22.7 Å². The Morgan fingerprint density at radius 3 is 2.59 bits per heavy atom. The molecule has 7 heteroatoms. The quantitative estimate of drug-likeness (QED) is 0.668. The van der Waals surface area contributed by atoms with Gasteiger partial charge in [-0.1, -0.05) is 19.9 Å². The third-order valence-electron chi connectivity index (χ3n) is 4.15. The largest absolute Gasteiger partial charge is 0.455 e. The molecular formula is C20H26BrN3O3. The van der Waals surface area contributed by atoms with Crippen molar-refractivity contribution in [3.63, 3.8) is 0 Å². The summed E-state index contributed by atoms with van der Waals surface area (Å²) in [6.07, 6.45) is 0.108. The number of anilines is 1. The molecule has 2 aromatic rings. The fraction of sp³-hybridized carbons (Fsp3) is 0.450. The van der Waals surface area contributed by atoms with Crippen LogP contribution in [0, 0.1) is 26.7 Å². The van der Waals surface area contributed by atoms with Crippen molar-refractivity contribution in [1.82, 2.24) is 9.78 Å². The van der Waals surface area contributed by atoms with Crippen LogP contribution in [0.5, 0.6) is 0 Å². The van der Waals surface area contributed by atoms with Crippen LogP contribution in [0.2, 0.25) is 0 Å². The smallest absolute Gasteiger partial charge is 0.310 e. The van der Waals surface area contributed by atoms with Crippen molar-refractivity contribution < 1.29 is 14.3 Å². The fourth-order valence-electron chi connectivity index (χ4n) is 2.76. The Bertz CT molecular complexity index is 843. The van der Waals surface area contributed by atoms with Crippen molar-refractivity contribution in [3.8, 4) is 0 Å². The van der Waals surface area contributed by atoms with Crippen LogP contribution in [-0.2, 0) is 27.3 Å². The maximum Gasteiger partial charge on any atom is 0.310 e. The maximum absolute atomic E-state index is 12.2. The molecule has 1 aromatic heterocycles. The van der Waals surface area contributed by atoms with Crippen LogP contribution in [0.25, 0.3) is 0 Å². The first-order valence-corrected chi connectivity index (χ1v) is 9.71. The van der Waals surface area contributed by atoms with Crippen molar-refractivity contribution in [2.75, 3.05) is 11.9 Å². The summed E-state index contributed by atoms with van der Waals surface area (Å²) in [5, 5.41) is 7.22. The number of aryl methyl sites for hydroxylation is 2. The standard InChI is InChI=1S/C20H26BrN3O3/c1-12(2)10-24-15(5)16(14(4)23-24)9-20(26)27-11-19(25)22-18-7-6-13(3)8-17(18)21/h6-8,12H,9-11H2,1-5H3,(H,22,25). The van der Waals surface area contributed by atoms with Gasteiger partial charge in [-0.05, 0) is 60.3 Å². The molecule has 1 N–H and O–H groups in total. The Kier molecular flexibility index (Phi) is 7.18. The summed E-state index contributed by atoms with van der Waals surface area (Å²) in [5.41, 5.74) is 4.37. The van der Waals surface area contributed by atoms with E-state index in [1.807, 2.05) is 37.6 Å². The second-order valence-corrected chi connectivity index (χ2v) is 7.95. The molecule has 0 fully saturated rings. The molecule has 2 rings (SSSR count). The van der Waals surface area contributed by atoms with Crippen LogP contribution < -0.4 is 5.32 Å². The van der Waals surface area contributed by atoms with Gasteiger partial charge in [0, 0.05) is 22.3 Å². The first-order valence-electron chi connectivity index (χ1n) is 8.92. The van der Waals surface area contributed by atoms with Crippen molar-refractivity contribution >= 4 is 33.5 Å². The molecule has 1 heterocycles. The van der Waals surface area contributed by atoms with E-state index in [0.29, 0.717) is 11.6 Å². The molecule has 0 aliphatic carbocycles. The number of aromatic nitrogens is 2. The summed E-state index contributed by atoms with van der Waals surface area (Å²) in [6, 6.07) is 5.60. The monoisotopic (exact) mass is 435 g/mol. The van der Waals surface area contributed by atoms with E-state index in [1.165, 1.54) is 0 Å². The first-order chi connectivity index (χ1) is 12.7. The molecule has 0 atom stereocenters. The van der Waals surface area contributed by atoms with Crippen molar-refractivity contribution in [3.05, 3.63) is 45.2 Å². The zero-order valence-electron chi connectivity index (χ0n) is 16.4. The van der Waals surface area contributed by atoms with Crippen molar-refractivity contribution in [2.24, 2.45) is 5.92 Å². The molecule has 146 valence electrons. The van der Waals surface area contributed by atoms with Crippen molar-refractivity contribution in [2.45, 2.75) is 47.6 Å². The normalized spacial score (nSPS) is 10.9. The molecule has 1 amide bonds. The number of rotatable bonds is 7. The summed E-state index contributed by atoms with van der Waals surface area (Å²) in [6.45, 7) is 10.5. The van der Waals surface area contributed by atoms with E-state index < -0.39 is 5.97 Å². The molecule has 0 bridgehead atoms. The molecule has 0 saturated carbocycles. The van der Waals surface area contributed by atoms with Gasteiger partial charge in [0.25, 0.3) is 5.91 Å². The van der Waals surface area contributed by atoms with Gasteiger partial charge in [0.15, 0.2) is 6.61 Å². The molecule has 0 radical (unpaired) electrons. The molecule has 0 spiro atoms. The molecule has 0 aliphatic heterocycles. The third-order valence-corrected chi connectivity index (χ3v) is 4.81. The predicted molar refractivity (Wildman–Crippen MR) is 109 cm³/mol. The Hall–Kier alpha value is -2.15. The zero-order valence-corrected chi connectivity index (χ0v) is 18.0. The van der Waals surface area contributed by atoms with Gasteiger partial charge in [-0.15, -0.1) is 0 Å². The summed E-state index contributed by atoms with van der Waals surface area (Å²) in [5.74, 6) is -0.354. The first kappa shape index (κ1) is 21.2. The van der Waals surface area contributed by atoms with Gasteiger partial charge in [0.05, 0.1) is 17.8 Å². The number of esters is 1. The number of nitrogens with one attached hydrogen (secondary N) is 1. The second-order valence-electron chi connectivity index (χ2n) is 7.09. The molecule has 0 saturated heterocycles. The Morgan fingerprint density at radius 2 is 1.96 bits per heavy atom. The number of benzene rings is 1. The average molecular weight is 436 g/mol. The zero-order chi connectivity index (χ0) is 20.1. The van der Waals surface area contributed by atoms with Gasteiger partial charge >= 0.3 is 5.97 Å². The lowest BCUT2D eigenvalue weighted by molar-refractivity contribution is -0.146. The minimum absolute atomic E-state index is 0.108. The van der Waals surface area contributed by atoms with Gasteiger partial charge in [-0.25, -0.2) is 0 Å². The molecule has 27 heavy (non-hydrogen) atoms. The van der Waals surface area contributed by atoms with E-state index in [0.717, 1.165) is 33.5 Å². The molecule has 6 nitrogen and oxygen atoms in total. The summed E-state index contributed by atoms with van der Waals surface area (Å²) < 4.78 is 7.84. The summed E-state index contributed by atoms with van der Waals surface area (Å²) in [7, 11) is 0. The molecule has 0 unspecified atom stereocenters. The number of halogens is 1. The number of ether oxygens (including phenoxy) is 1. The molecular weight excluding hydrogens is 410 g/mol. The van der Waals surface area contributed by atoms with Gasteiger partial charge in [0.1, 0.15) is 0 Å². The van der Waals surface area contributed by atoms with E-state index in [2.05, 4.69) is 40.2 Å². The number of amides is 1. The highest BCUT2D eigenvalue weighted by atomic mass is 79.9. The minimum Gasteiger partial charge on any atom is -0.455 e. The van der Waals surface area contributed by atoms with Crippen LogP contribution in [0.4, 0.5) is 5.69 Å². The van der Waals surface area contributed by atoms with Crippen LogP contribution >= 0.6 is 15.9 Å². The van der Waals surface area contributed by atoms with E-state index in [1.54, 1.807) is 6.07 Å². The van der Waals surface area contributed by atoms with Gasteiger partial charge in [-0.3, -0.25) is 14.3 Å². The summed E-state index contributed by atoms with van der Waals surface area (Å²) in [4.78, 5) is 24.2. The van der Waals surface area contributed by atoms with E-state index in [-0.39, 0.29) is 18.9 Å². The Morgan fingerprint density at radius 1 is 1.26 bits per heavy atom. The third kappa shape index (κ3) is 5.92. The number of carbonyl (C=O) groups is 2. The lowest BCUT2D eigenvalue weighted by Gasteiger charge is -2.09. The second kappa shape index (κ2) is 9.17. The molecule has 1 aromatic carbocycles. The van der Waals surface area contributed by atoms with Crippen LogP contribution in [-0.4, -0.2) is 28.3 Å². The van der Waals surface area contributed by atoms with E-state index >= 15 is 0 Å². The van der Waals surface area contributed by atoms with Gasteiger partial charge < -0.3 is 10.1 Å². The van der Waals surface area contributed by atoms with Gasteiger partial charge in [0.2, 0.25) is 0 Å². The number of hydrogen-bond donors (Lipinski definition) is 1. The highest BCUT2D eigenvalue weighted by Gasteiger charge is 2.17. The topological polar surface area (TPSA) is 73.2 Å².